The van der Waals surface area contributed by atoms with Crippen molar-refractivity contribution in [2.75, 3.05) is 23.1 Å². The Labute approximate surface area is 214 Å². The summed E-state index contributed by atoms with van der Waals surface area (Å²) >= 11 is 8.83. The van der Waals surface area contributed by atoms with Gasteiger partial charge in [0.2, 0.25) is 0 Å². The lowest BCUT2D eigenvalue weighted by molar-refractivity contribution is -0.137. The summed E-state index contributed by atoms with van der Waals surface area (Å²) in [5.74, 6) is 0.434. The van der Waals surface area contributed by atoms with Gasteiger partial charge in [-0.2, -0.15) is 18.2 Å². The first kappa shape index (κ1) is 26.3. The number of hydrogen-bond donors (Lipinski definition) is 0. The highest BCUT2D eigenvalue weighted by Gasteiger charge is 2.39. The molecule has 1 aromatic carbocycles. The van der Waals surface area contributed by atoms with E-state index in [1.807, 2.05) is 13.8 Å². The minimum absolute atomic E-state index is 0.166. The number of carbonyl (C=O) groups excluding carboxylic acids is 1. The Balaban J connectivity index is 1.83. The number of aromatic nitrogens is 2. The summed E-state index contributed by atoms with van der Waals surface area (Å²) in [5, 5.41) is 0.269. The summed E-state index contributed by atoms with van der Waals surface area (Å²) in [6.07, 6.45) is -5.13. The van der Waals surface area contributed by atoms with Crippen molar-refractivity contribution in [1.29, 1.82) is 0 Å². The molecule has 1 saturated heterocycles. The van der Waals surface area contributed by atoms with E-state index in [0.29, 0.717) is 10.6 Å². The first-order chi connectivity index (χ1) is 16.2. The average molecular weight is 551 g/mol. The Morgan fingerprint density at radius 2 is 1.83 bits per heavy atom. The van der Waals surface area contributed by atoms with Gasteiger partial charge in [-0.1, -0.05) is 11.6 Å². The summed E-state index contributed by atoms with van der Waals surface area (Å²) in [5.41, 5.74) is -1.80. The molecule has 7 nitrogen and oxygen atoms in total. The highest BCUT2D eigenvalue weighted by atomic mass is 35.5. The van der Waals surface area contributed by atoms with Crippen molar-refractivity contribution in [3.8, 4) is 0 Å². The number of carbonyl (C=O) groups is 1. The second kappa shape index (κ2) is 9.26. The van der Waals surface area contributed by atoms with E-state index in [2.05, 4.69) is 4.98 Å². The number of nitrogens with zero attached hydrogens (tertiary/aromatic N) is 4. The molecule has 2 aliphatic heterocycles. The summed E-state index contributed by atoms with van der Waals surface area (Å²) in [7, 11) is 0. The number of ether oxygens (including phenoxy) is 1. The molecule has 192 valence electrons. The number of halogens is 4. The summed E-state index contributed by atoms with van der Waals surface area (Å²) in [6.45, 7) is 9.56. The maximum atomic E-state index is 13.9. The molecule has 0 aliphatic carbocycles. The fourth-order valence-electron chi connectivity index (χ4n) is 4.47. The van der Waals surface area contributed by atoms with E-state index in [4.69, 9.17) is 16.3 Å². The number of alkyl halides is 3. The smallest absolute Gasteiger partial charge is 0.417 e. The first-order valence-electron chi connectivity index (χ1n) is 11.0. The van der Waals surface area contributed by atoms with Crippen LogP contribution in [0.3, 0.4) is 0 Å². The second-order valence-corrected chi connectivity index (χ2v) is 12.4. The molecule has 3 heterocycles. The number of benzene rings is 1. The van der Waals surface area contributed by atoms with Gasteiger partial charge in [0, 0.05) is 23.6 Å². The third kappa shape index (κ3) is 5.06. The number of piperazine rings is 1. The molecule has 4 rings (SSSR count). The number of hydrogen-bond acceptors (Lipinski definition) is 7. The average Bonchev–Trinajstić information content (AvgIpc) is 2.93. The molecule has 13 heteroatoms. The van der Waals surface area contributed by atoms with E-state index in [-0.39, 0.29) is 47.1 Å². The number of amides is 1. The summed E-state index contributed by atoms with van der Waals surface area (Å²) < 4.78 is 48.6. The van der Waals surface area contributed by atoms with Crippen molar-refractivity contribution >= 4 is 57.9 Å². The van der Waals surface area contributed by atoms with Crippen LogP contribution in [-0.2, 0) is 16.8 Å². The van der Waals surface area contributed by atoms with Gasteiger partial charge in [-0.05, 0) is 40.7 Å². The minimum atomic E-state index is -4.67. The molecule has 0 saturated carbocycles. The Morgan fingerprint density at radius 1 is 1.20 bits per heavy atom. The Bertz CT molecular complexity index is 1220. The molecule has 35 heavy (non-hydrogen) atoms. The van der Waals surface area contributed by atoms with Crippen LogP contribution in [0.1, 0.15) is 40.2 Å². The maximum Gasteiger partial charge on any atom is 0.417 e. The molecule has 2 aromatic rings. The van der Waals surface area contributed by atoms with Gasteiger partial charge < -0.3 is 9.64 Å². The fraction of sp³-hybridized carbons (Fsp3) is 0.591. The number of rotatable bonds is 1. The largest absolute Gasteiger partial charge is 0.444 e. The van der Waals surface area contributed by atoms with E-state index in [0.717, 1.165) is 6.07 Å². The van der Waals surface area contributed by atoms with Gasteiger partial charge in [0.05, 0.1) is 39.0 Å². The lowest BCUT2D eigenvalue weighted by Crippen LogP contribution is -2.59. The van der Waals surface area contributed by atoms with Crippen LogP contribution >= 0.6 is 35.1 Å². The van der Waals surface area contributed by atoms with Crippen molar-refractivity contribution in [3.63, 3.8) is 0 Å². The summed E-state index contributed by atoms with van der Waals surface area (Å²) in [6, 6.07) is 0.329. The first-order valence-corrected chi connectivity index (χ1v) is 13.5. The van der Waals surface area contributed by atoms with E-state index < -0.39 is 34.1 Å². The van der Waals surface area contributed by atoms with Crippen molar-refractivity contribution < 1.29 is 22.7 Å². The molecule has 1 amide bonds. The SMILES string of the molecule is C[C@@H]1CN(c2nc(=O)n3c4c(c(Cl)c(C(F)(F)F)cc24)SCSC3)C[C@H](C)N1C(=O)OC(C)(C)C. The van der Waals surface area contributed by atoms with Crippen LogP contribution in [0.5, 0.6) is 0 Å². The predicted octanol–water partition coefficient (Wildman–Crippen LogP) is 5.66. The molecule has 2 atom stereocenters. The molecular weight excluding hydrogens is 525 g/mol. The molecule has 1 aromatic heterocycles. The van der Waals surface area contributed by atoms with Gasteiger partial charge in [-0.3, -0.25) is 9.47 Å². The topological polar surface area (TPSA) is 67.7 Å². The molecule has 0 spiro atoms. The van der Waals surface area contributed by atoms with Crippen LogP contribution in [0.2, 0.25) is 5.02 Å². The highest BCUT2D eigenvalue weighted by molar-refractivity contribution is 8.15. The number of thioether (sulfide) groups is 2. The van der Waals surface area contributed by atoms with Crippen LogP contribution in [0.15, 0.2) is 15.8 Å². The molecule has 2 aliphatic rings. The van der Waals surface area contributed by atoms with Gasteiger partial charge >= 0.3 is 18.0 Å². The fourth-order valence-corrected chi connectivity index (χ4v) is 7.00. The van der Waals surface area contributed by atoms with Gasteiger partial charge in [-0.25, -0.2) is 9.59 Å². The van der Waals surface area contributed by atoms with Gasteiger partial charge in [0.1, 0.15) is 11.4 Å². The van der Waals surface area contributed by atoms with E-state index in [1.54, 1.807) is 30.6 Å². The van der Waals surface area contributed by atoms with Crippen molar-refractivity contribution in [1.82, 2.24) is 14.5 Å². The van der Waals surface area contributed by atoms with Crippen molar-refractivity contribution in [2.45, 2.75) is 69.3 Å². The lowest BCUT2D eigenvalue weighted by atomic mass is 10.1. The third-order valence-electron chi connectivity index (χ3n) is 5.77. The normalized spacial score (nSPS) is 21.3. The van der Waals surface area contributed by atoms with Crippen LogP contribution in [0.25, 0.3) is 10.9 Å². The summed E-state index contributed by atoms with van der Waals surface area (Å²) in [4.78, 5) is 33.6. The molecule has 0 N–H and O–H groups in total. The van der Waals surface area contributed by atoms with E-state index >= 15 is 0 Å². The quantitative estimate of drug-likeness (QED) is 0.454. The monoisotopic (exact) mass is 550 g/mol. The molecule has 0 unspecified atom stereocenters. The van der Waals surface area contributed by atoms with Crippen LogP contribution in [0.4, 0.5) is 23.8 Å². The minimum Gasteiger partial charge on any atom is -0.444 e. The van der Waals surface area contributed by atoms with Gasteiger partial charge in [0.15, 0.2) is 0 Å². The van der Waals surface area contributed by atoms with E-state index in [9.17, 15) is 22.8 Å². The Morgan fingerprint density at radius 3 is 2.40 bits per heavy atom. The zero-order valence-electron chi connectivity index (χ0n) is 19.9. The third-order valence-corrected chi connectivity index (χ3v) is 8.54. The molecule has 0 radical (unpaired) electrons. The zero-order chi connectivity index (χ0) is 25.9. The van der Waals surface area contributed by atoms with Crippen LogP contribution < -0.4 is 10.6 Å². The Hall–Kier alpha value is -1.79. The maximum absolute atomic E-state index is 13.9. The molecule has 0 bridgehead atoms. The van der Waals surface area contributed by atoms with Crippen LogP contribution in [0, 0.1) is 0 Å². The van der Waals surface area contributed by atoms with Crippen LogP contribution in [-0.4, -0.2) is 56.4 Å². The zero-order valence-corrected chi connectivity index (χ0v) is 22.3. The van der Waals surface area contributed by atoms with Crippen molar-refractivity contribution in [3.05, 3.63) is 27.1 Å². The molecule has 1 fully saturated rings. The van der Waals surface area contributed by atoms with E-state index in [1.165, 1.54) is 28.1 Å². The van der Waals surface area contributed by atoms with Gasteiger partial charge in [-0.15, -0.1) is 23.5 Å². The highest BCUT2D eigenvalue weighted by Crippen LogP contribution is 2.47. The second-order valence-electron chi connectivity index (χ2n) is 9.69. The molecular formula is C22H26ClF3N4O3S2. The Kier molecular flexibility index (Phi) is 6.95. The standard InChI is InChI=1S/C22H26ClF3N4O3S2/c1-11-7-28(8-12(2)30(11)20(32)33-21(3,4)5)18-13-6-14(22(24,25)26)15(23)17-16(13)29(19(31)27-18)9-34-10-35-17/h6,11-12H,7-10H2,1-5H3/t11-,12+. The van der Waals surface area contributed by atoms with Gasteiger partial charge in [0.25, 0.3) is 0 Å². The number of anilines is 1. The predicted molar refractivity (Wildman–Crippen MR) is 134 cm³/mol. The lowest BCUT2D eigenvalue weighted by Gasteiger charge is -2.45. The van der Waals surface area contributed by atoms with Crippen molar-refractivity contribution in [2.24, 2.45) is 0 Å².